The summed E-state index contributed by atoms with van der Waals surface area (Å²) in [4.78, 5) is 40.9. The summed E-state index contributed by atoms with van der Waals surface area (Å²) in [5.41, 5.74) is 0.519. The average molecular weight is 398 g/mol. The van der Waals surface area contributed by atoms with E-state index >= 15 is 0 Å². The number of hydrogen-bond acceptors (Lipinski definition) is 5. The van der Waals surface area contributed by atoms with Crippen molar-refractivity contribution in [1.29, 1.82) is 0 Å². The molecule has 0 saturated carbocycles. The number of carboxylic acids is 1. The molecule has 8 nitrogen and oxygen atoms in total. The highest BCUT2D eigenvalue weighted by atomic mass is 16.5. The Labute approximate surface area is 167 Å². The van der Waals surface area contributed by atoms with E-state index in [1.54, 1.807) is 36.1 Å². The number of aliphatic carboxylic acids is 1. The minimum Gasteiger partial charge on any atom is -0.497 e. The summed E-state index contributed by atoms with van der Waals surface area (Å²) >= 11 is 0. The van der Waals surface area contributed by atoms with Gasteiger partial charge in [0.05, 0.1) is 31.2 Å². The molecule has 0 unspecified atom stereocenters. The van der Waals surface area contributed by atoms with Crippen molar-refractivity contribution >= 4 is 23.5 Å². The number of methoxy groups -OCH3 is 1. The van der Waals surface area contributed by atoms with Crippen LogP contribution in [0.3, 0.4) is 0 Å². The van der Waals surface area contributed by atoms with Gasteiger partial charge in [-0.15, -0.1) is 0 Å². The van der Waals surface area contributed by atoms with E-state index in [0.717, 1.165) is 5.56 Å². The van der Waals surface area contributed by atoms with Crippen molar-refractivity contribution in [2.24, 2.45) is 11.8 Å². The molecule has 2 bridgehead atoms. The van der Waals surface area contributed by atoms with Gasteiger partial charge >= 0.3 is 5.97 Å². The van der Waals surface area contributed by atoms with Crippen molar-refractivity contribution < 1.29 is 29.0 Å². The highest BCUT2D eigenvalue weighted by molar-refractivity contribution is 6.04. The topological polar surface area (TPSA) is 96.4 Å². The molecule has 0 aliphatic carbocycles. The molecule has 5 rings (SSSR count). The van der Waals surface area contributed by atoms with Gasteiger partial charge < -0.3 is 24.4 Å². The van der Waals surface area contributed by atoms with Crippen LogP contribution in [-0.4, -0.2) is 59.7 Å². The van der Waals surface area contributed by atoms with E-state index in [4.69, 9.17) is 9.47 Å². The van der Waals surface area contributed by atoms with Crippen molar-refractivity contribution in [3.63, 3.8) is 0 Å². The third kappa shape index (κ3) is 2.15. The molecule has 4 aliphatic rings. The van der Waals surface area contributed by atoms with Gasteiger partial charge in [-0.2, -0.15) is 0 Å². The number of carbonyl (C=O) groups is 3. The molecule has 1 N–H and O–H groups in total. The Bertz CT molecular complexity index is 974. The molecule has 1 aromatic rings. The third-order valence-corrected chi connectivity index (χ3v) is 6.97. The van der Waals surface area contributed by atoms with Crippen molar-refractivity contribution in [1.82, 2.24) is 4.90 Å². The molecule has 4 heterocycles. The lowest BCUT2D eigenvalue weighted by Gasteiger charge is -2.43. The lowest BCUT2D eigenvalue weighted by Crippen LogP contribution is -2.50. The molecule has 0 aromatic heterocycles. The molecular weight excluding hydrogens is 376 g/mol. The van der Waals surface area contributed by atoms with Gasteiger partial charge in [0.1, 0.15) is 17.3 Å². The molecule has 152 valence electrons. The second-order valence-electron chi connectivity index (χ2n) is 8.17. The summed E-state index contributed by atoms with van der Waals surface area (Å²) in [5, 5.41) is 9.75. The molecule has 29 heavy (non-hydrogen) atoms. The molecule has 2 amide bonds. The van der Waals surface area contributed by atoms with Gasteiger partial charge in [-0.25, -0.2) is 0 Å². The number of carboxylic acid groups (broad SMARTS) is 1. The predicted octanol–water partition coefficient (Wildman–Crippen LogP) is 1.36. The zero-order chi connectivity index (χ0) is 20.7. The summed E-state index contributed by atoms with van der Waals surface area (Å²) in [5.74, 6) is -2.38. The van der Waals surface area contributed by atoms with E-state index < -0.39 is 29.5 Å². The van der Waals surface area contributed by atoms with Crippen LogP contribution in [0.1, 0.15) is 24.9 Å². The first-order valence-corrected chi connectivity index (χ1v) is 9.64. The molecule has 2 fully saturated rings. The molecule has 4 aliphatic heterocycles. The SMILES string of the molecule is COc1ccc2c(c1)[C@@H](N(C)C(C)=O)C[C@@H]1N2C(=O)[C@@H]2[C@H](C(=O)O)[C@H]3C=C[C@]21O3. The van der Waals surface area contributed by atoms with E-state index in [1.807, 2.05) is 18.2 Å². The molecule has 2 saturated heterocycles. The summed E-state index contributed by atoms with van der Waals surface area (Å²) in [6.45, 7) is 1.51. The van der Waals surface area contributed by atoms with Crippen molar-refractivity contribution in [2.45, 2.75) is 37.1 Å². The molecular formula is C21H22N2O6. The molecule has 1 spiro atoms. The zero-order valence-corrected chi connectivity index (χ0v) is 16.4. The lowest BCUT2D eigenvalue weighted by atomic mass is 9.73. The van der Waals surface area contributed by atoms with E-state index in [2.05, 4.69) is 0 Å². The fourth-order valence-electron chi connectivity index (χ4n) is 5.58. The Morgan fingerprint density at radius 2 is 2.14 bits per heavy atom. The molecule has 1 aromatic carbocycles. The van der Waals surface area contributed by atoms with Gasteiger partial charge in [-0.05, 0) is 24.6 Å². The maximum Gasteiger partial charge on any atom is 0.310 e. The lowest BCUT2D eigenvalue weighted by molar-refractivity contribution is -0.146. The van der Waals surface area contributed by atoms with Gasteiger partial charge in [0.25, 0.3) is 0 Å². The number of rotatable bonds is 3. The van der Waals surface area contributed by atoms with Crippen LogP contribution < -0.4 is 9.64 Å². The van der Waals surface area contributed by atoms with Gasteiger partial charge in [-0.1, -0.05) is 12.2 Å². The number of amides is 2. The highest BCUT2D eigenvalue weighted by Crippen LogP contribution is 2.60. The number of fused-ring (bicyclic) bond motifs is 4. The van der Waals surface area contributed by atoms with Crippen molar-refractivity contribution in [3.05, 3.63) is 35.9 Å². The summed E-state index contributed by atoms with van der Waals surface area (Å²) in [6, 6.07) is 4.77. The van der Waals surface area contributed by atoms with E-state index in [-0.39, 0.29) is 23.9 Å². The second-order valence-corrected chi connectivity index (χ2v) is 8.17. The van der Waals surface area contributed by atoms with Crippen LogP contribution >= 0.6 is 0 Å². The van der Waals surface area contributed by atoms with Crippen LogP contribution in [0, 0.1) is 11.8 Å². The Morgan fingerprint density at radius 3 is 2.79 bits per heavy atom. The van der Waals surface area contributed by atoms with Crippen LogP contribution in [0.25, 0.3) is 0 Å². The minimum absolute atomic E-state index is 0.0915. The van der Waals surface area contributed by atoms with Crippen molar-refractivity contribution in [2.75, 3.05) is 19.1 Å². The summed E-state index contributed by atoms with van der Waals surface area (Å²) < 4.78 is 11.5. The molecule has 8 heteroatoms. The Morgan fingerprint density at radius 1 is 1.38 bits per heavy atom. The zero-order valence-electron chi connectivity index (χ0n) is 16.4. The van der Waals surface area contributed by atoms with Crippen LogP contribution in [0.5, 0.6) is 5.75 Å². The Hall–Kier alpha value is -2.87. The first-order chi connectivity index (χ1) is 13.8. The highest BCUT2D eigenvalue weighted by Gasteiger charge is 2.72. The number of nitrogens with zero attached hydrogens (tertiary/aromatic N) is 2. The van der Waals surface area contributed by atoms with E-state index in [9.17, 15) is 19.5 Å². The maximum atomic E-state index is 13.5. The predicted molar refractivity (Wildman–Crippen MR) is 101 cm³/mol. The van der Waals surface area contributed by atoms with Crippen LogP contribution in [0.2, 0.25) is 0 Å². The number of hydrogen-bond donors (Lipinski definition) is 1. The summed E-state index contributed by atoms with van der Waals surface area (Å²) in [7, 11) is 3.30. The fourth-order valence-corrected chi connectivity index (χ4v) is 5.58. The van der Waals surface area contributed by atoms with Gasteiger partial charge in [0.15, 0.2) is 0 Å². The Kier molecular flexibility index (Phi) is 3.65. The van der Waals surface area contributed by atoms with Gasteiger partial charge in [-0.3, -0.25) is 14.4 Å². The quantitative estimate of drug-likeness (QED) is 0.773. The first-order valence-electron chi connectivity index (χ1n) is 9.64. The van der Waals surface area contributed by atoms with E-state index in [1.165, 1.54) is 6.92 Å². The minimum atomic E-state index is -1.02. The van der Waals surface area contributed by atoms with E-state index in [0.29, 0.717) is 17.9 Å². The van der Waals surface area contributed by atoms with Crippen LogP contribution in [0.4, 0.5) is 5.69 Å². The largest absolute Gasteiger partial charge is 0.497 e. The van der Waals surface area contributed by atoms with Gasteiger partial charge in [0, 0.05) is 25.2 Å². The van der Waals surface area contributed by atoms with Crippen molar-refractivity contribution in [3.8, 4) is 5.75 Å². The number of benzene rings is 1. The fraction of sp³-hybridized carbons (Fsp3) is 0.476. The molecule has 0 radical (unpaired) electrons. The second kappa shape index (κ2) is 5.82. The monoisotopic (exact) mass is 398 g/mol. The normalized spacial score (nSPS) is 35.9. The standard InChI is InChI=1S/C21H22N2O6/c1-10(24)22(2)14-9-16-21-7-6-15(29-21)17(20(26)27)18(21)19(25)23(16)13-5-4-11(28-3)8-12(13)14/h4-8,14-18H,9H2,1-3H3,(H,26,27)/t14-,15+,16-,17+,18-,21+/m0/s1. The maximum absolute atomic E-state index is 13.5. The Balaban J connectivity index is 1.68. The van der Waals surface area contributed by atoms with Crippen LogP contribution in [-0.2, 0) is 19.1 Å². The van der Waals surface area contributed by atoms with Gasteiger partial charge in [0.2, 0.25) is 11.8 Å². The molecule has 6 atom stereocenters. The number of anilines is 1. The third-order valence-electron chi connectivity index (χ3n) is 6.97. The average Bonchev–Trinajstić information content (AvgIpc) is 3.34. The summed E-state index contributed by atoms with van der Waals surface area (Å²) in [6.07, 6.45) is 3.50. The number of carbonyl (C=O) groups excluding carboxylic acids is 2. The smallest absolute Gasteiger partial charge is 0.310 e. The first kappa shape index (κ1) is 18.2. The van der Waals surface area contributed by atoms with Crippen LogP contribution in [0.15, 0.2) is 30.4 Å². The number of ether oxygens (including phenoxy) is 2.